The van der Waals surface area contributed by atoms with Crippen LogP contribution < -0.4 is 15.4 Å². The van der Waals surface area contributed by atoms with Gasteiger partial charge >= 0.3 is 0 Å². The van der Waals surface area contributed by atoms with Gasteiger partial charge in [0.05, 0.1) is 13.2 Å². The van der Waals surface area contributed by atoms with Gasteiger partial charge in [-0.05, 0) is 74.4 Å². The quantitative estimate of drug-likeness (QED) is 0.618. The van der Waals surface area contributed by atoms with Crippen LogP contribution in [0.25, 0.3) is 11.4 Å². The number of ether oxygens (including phenoxy) is 1. The number of hydrogen-bond acceptors (Lipinski definition) is 5. The maximum absolute atomic E-state index is 5.44. The molecule has 3 aromatic rings. The maximum Gasteiger partial charge on any atom is 0.246 e. The first-order valence-electron chi connectivity index (χ1n) is 8.73. The zero-order chi connectivity index (χ0) is 19.2. The lowest BCUT2D eigenvalue weighted by Crippen LogP contribution is -2.28. The number of aryl methyl sites for hydroxylation is 2. The van der Waals surface area contributed by atoms with Gasteiger partial charge in [-0.15, -0.1) is 0 Å². The summed E-state index contributed by atoms with van der Waals surface area (Å²) in [6.45, 7) is 7.01. The van der Waals surface area contributed by atoms with Crippen LogP contribution in [0, 0.1) is 13.8 Å². The predicted octanol–water partition coefficient (Wildman–Crippen LogP) is 4.24. The molecule has 0 atom stereocenters. The van der Waals surface area contributed by atoms with Crippen molar-refractivity contribution in [2.45, 2.75) is 27.3 Å². The van der Waals surface area contributed by atoms with E-state index in [1.54, 1.807) is 0 Å². The highest BCUT2D eigenvalue weighted by Crippen LogP contribution is 2.20. The molecule has 0 aliphatic rings. The number of nitrogens with zero attached hydrogens (tertiary/aromatic N) is 2. The maximum atomic E-state index is 5.44. The number of aromatic nitrogens is 2. The smallest absolute Gasteiger partial charge is 0.246 e. The molecule has 1 aromatic heterocycles. The monoisotopic (exact) mass is 382 g/mol. The Morgan fingerprint density at radius 3 is 2.67 bits per heavy atom. The Morgan fingerprint density at radius 1 is 1.15 bits per heavy atom. The van der Waals surface area contributed by atoms with Crippen molar-refractivity contribution in [1.29, 1.82) is 0 Å². The number of nitrogens with one attached hydrogen (secondary N) is 2. The summed E-state index contributed by atoms with van der Waals surface area (Å²) < 4.78 is 10.7. The number of hydrogen-bond donors (Lipinski definition) is 2. The van der Waals surface area contributed by atoms with Crippen molar-refractivity contribution in [3.05, 3.63) is 59.5 Å². The van der Waals surface area contributed by atoms with Crippen molar-refractivity contribution in [3.8, 4) is 17.1 Å². The summed E-state index contributed by atoms with van der Waals surface area (Å²) in [6.07, 6.45) is 0. The third-order valence-corrected chi connectivity index (χ3v) is 4.18. The van der Waals surface area contributed by atoms with Crippen molar-refractivity contribution < 1.29 is 9.26 Å². The molecule has 0 fully saturated rings. The van der Waals surface area contributed by atoms with Crippen LogP contribution >= 0.6 is 12.2 Å². The minimum Gasteiger partial charge on any atom is -0.494 e. The topological polar surface area (TPSA) is 72.2 Å². The zero-order valence-corrected chi connectivity index (χ0v) is 16.4. The van der Waals surface area contributed by atoms with Crippen LogP contribution in [0.2, 0.25) is 0 Å². The Hall–Kier alpha value is -2.93. The summed E-state index contributed by atoms with van der Waals surface area (Å²) in [6, 6.07) is 13.8. The number of benzene rings is 2. The first-order chi connectivity index (χ1) is 13.0. The molecule has 27 heavy (non-hydrogen) atoms. The van der Waals surface area contributed by atoms with Crippen molar-refractivity contribution >= 4 is 23.0 Å². The number of anilines is 1. The van der Waals surface area contributed by atoms with E-state index in [4.69, 9.17) is 21.5 Å². The molecule has 0 spiro atoms. The Kier molecular flexibility index (Phi) is 6.03. The van der Waals surface area contributed by atoms with Crippen molar-refractivity contribution in [1.82, 2.24) is 15.5 Å². The highest BCUT2D eigenvalue weighted by atomic mass is 32.1. The Bertz CT molecular complexity index is 922. The van der Waals surface area contributed by atoms with E-state index in [2.05, 4.69) is 39.0 Å². The summed E-state index contributed by atoms with van der Waals surface area (Å²) in [7, 11) is 0. The van der Waals surface area contributed by atoms with Gasteiger partial charge in [-0.1, -0.05) is 17.3 Å². The van der Waals surface area contributed by atoms with Crippen molar-refractivity contribution in [2.75, 3.05) is 11.9 Å². The first kappa shape index (κ1) is 18.8. The molecule has 140 valence electrons. The van der Waals surface area contributed by atoms with Crippen LogP contribution in [-0.4, -0.2) is 21.9 Å². The van der Waals surface area contributed by atoms with Crippen LogP contribution in [0.5, 0.6) is 5.75 Å². The summed E-state index contributed by atoms with van der Waals surface area (Å²) in [5.41, 5.74) is 4.14. The minimum absolute atomic E-state index is 0.348. The SMILES string of the molecule is CCOc1ccc(-c2noc(CNC(=S)Nc3cc(C)ccc3C)n2)cc1. The van der Waals surface area contributed by atoms with E-state index in [-0.39, 0.29) is 0 Å². The highest BCUT2D eigenvalue weighted by molar-refractivity contribution is 7.80. The fourth-order valence-electron chi connectivity index (χ4n) is 2.50. The lowest BCUT2D eigenvalue weighted by Gasteiger charge is -2.12. The molecule has 1 heterocycles. The van der Waals surface area contributed by atoms with Gasteiger partial charge in [0.2, 0.25) is 11.7 Å². The molecule has 0 saturated carbocycles. The number of thiocarbonyl (C=S) groups is 1. The first-order valence-corrected chi connectivity index (χ1v) is 9.14. The lowest BCUT2D eigenvalue weighted by molar-refractivity contribution is 0.340. The second kappa shape index (κ2) is 8.64. The second-order valence-electron chi connectivity index (χ2n) is 6.10. The zero-order valence-electron chi connectivity index (χ0n) is 15.6. The molecular formula is C20H22N4O2S. The van der Waals surface area contributed by atoms with Gasteiger partial charge in [0.15, 0.2) is 5.11 Å². The predicted molar refractivity (Wildman–Crippen MR) is 110 cm³/mol. The molecular weight excluding hydrogens is 360 g/mol. The molecule has 3 rings (SSSR count). The van der Waals surface area contributed by atoms with E-state index in [0.29, 0.717) is 30.0 Å². The van der Waals surface area contributed by atoms with Gasteiger partial charge in [-0.2, -0.15) is 4.98 Å². The molecule has 0 unspecified atom stereocenters. The molecule has 0 bridgehead atoms. The van der Waals surface area contributed by atoms with E-state index >= 15 is 0 Å². The third kappa shape index (κ3) is 5.04. The van der Waals surface area contributed by atoms with Gasteiger partial charge < -0.3 is 19.9 Å². The Morgan fingerprint density at radius 2 is 1.93 bits per heavy atom. The molecule has 0 saturated heterocycles. The summed E-state index contributed by atoms with van der Waals surface area (Å²) in [5.74, 6) is 1.81. The minimum atomic E-state index is 0.348. The molecule has 0 amide bonds. The van der Waals surface area contributed by atoms with E-state index in [1.807, 2.05) is 45.0 Å². The standard InChI is InChI=1S/C20H22N4O2S/c1-4-25-16-9-7-15(8-10-16)19-23-18(26-24-19)12-21-20(27)22-17-11-13(2)5-6-14(17)3/h5-11H,4,12H2,1-3H3,(H2,21,22,27). The fraction of sp³-hybridized carbons (Fsp3) is 0.250. The Labute approximate surface area is 163 Å². The van der Waals surface area contributed by atoms with Crippen molar-refractivity contribution in [2.24, 2.45) is 0 Å². The van der Waals surface area contributed by atoms with E-state index in [1.165, 1.54) is 5.56 Å². The van der Waals surface area contributed by atoms with Crippen molar-refractivity contribution in [3.63, 3.8) is 0 Å². The average Bonchev–Trinajstić information content (AvgIpc) is 3.13. The van der Waals surface area contributed by atoms with Gasteiger partial charge in [0.1, 0.15) is 5.75 Å². The van der Waals surface area contributed by atoms with Gasteiger partial charge in [-0.25, -0.2) is 0 Å². The average molecular weight is 382 g/mol. The van der Waals surface area contributed by atoms with Crippen LogP contribution in [0.3, 0.4) is 0 Å². The second-order valence-corrected chi connectivity index (χ2v) is 6.50. The Balaban J connectivity index is 1.57. The van der Waals surface area contributed by atoms with Gasteiger partial charge in [0, 0.05) is 11.3 Å². The van der Waals surface area contributed by atoms with E-state index < -0.39 is 0 Å². The summed E-state index contributed by atoms with van der Waals surface area (Å²) in [4.78, 5) is 4.40. The summed E-state index contributed by atoms with van der Waals surface area (Å²) >= 11 is 5.35. The molecule has 2 aromatic carbocycles. The molecule has 7 heteroatoms. The van der Waals surface area contributed by atoms with Crippen LogP contribution in [0.1, 0.15) is 23.9 Å². The fourth-order valence-corrected chi connectivity index (χ4v) is 2.69. The lowest BCUT2D eigenvalue weighted by atomic mass is 10.1. The summed E-state index contributed by atoms with van der Waals surface area (Å²) in [5, 5.41) is 10.8. The normalized spacial score (nSPS) is 10.5. The molecule has 0 aliphatic carbocycles. The van der Waals surface area contributed by atoms with Crippen LogP contribution in [0.4, 0.5) is 5.69 Å². The van der Waals surface area contributed by atoms with Crippen LogP contribution in [0.15, 0.2) is 47.0 Å². The van der Waals surface area contributed by atoms with E-state index in [0.717, 1.165) is 22.6 Å². The van der Waals surface area contributed by atoms with E-state index in [9.17, 15) is 0 Å². The molecule has 2 N–H and O–H groups in total. The molecule has 6 nitrogen and oxygen atoms in total. The molecule has 0 radical (unpaired) electrons. The third-order valence-electron chi connectivity index (χ3n) is 3.93. The van der Waals surface area contributed by atoms with Crippen LogP contribution in [-0.2, 0) is 6.54 Å². The molecule has 0 aliphatic heterocycles. The largest absolute Gasteiger partial charge is 0.494 e. The highest BCUT2D eigenvalue weighted by Gasteiger charge is 2.10. The number of rotatable bonds is 6. The van der Waals surface area contributed by atoms with Gasteiger partial charge in [0.25, 0.3) is 0 Å². The van der Waals surface area contributed by atoms with Gasteiger partial charge in [-0.3, -0.25) is 0 Å².